The summed E-state index contributed by atoms with van der Waals surface area (Å²) in [6, 6.07) is 12.6. The van der Waals surface area contributed by atoms with Gasteiger partial charge in [0.25, 0.3) is 0 Å². The van der Waals surface area contributed by atoms with E-state index in [-0.39, 0.29) is 17.0 Å². The number of pyridine rings is 1. The van der Waals surface area contributed by atoms with Gasteiger partial charge in [0, 0.05) is 21.7 Å². The summed E-state index contributed by atoms with van der Waals surface area (Å²) in [6.45, 7) is 3.03. The van der Waals surface area contributed by atoms with Crippen molar-refractivity contribution < 1.29 is 21.5 Å². The Morgan fingerprint density at radius 3 is 2.44 bits per heavy atom. The maximum Gasteiger partial charge on any atom is 0.173 e. The number of aryl methyl sites for hydroxylation is 1. The van der Waals surface area contributed by atoms with Crippen molar-refractivity contribution in [1.29, 1.82) is 0 Å². The van der Waals surface area contributed by atoms with Crippen LogP contribution in [0.25, 0.3) is 0 Å². The average molecular weight is 343 g/mol. The van der Waals surface area contributed by atoms with E-state index in [4.69, 9.17) is 0 Å². The Morgan fingerprint density at radius 2 is 1.81 bits per heavy atom. The smallest absolute Gasteiger partial charge is 0.173 e. The SMILES string of the molecule is Cc1ccc[n+](Cc2ccc(Br)cc2)c1.[Br-]. The summed E-state index contributed by atoms with van der Waals surface area (Å²) < 4.78 is 3.32. The molecule has 0 radical (unpaired) electrons. The fourth-order valence-corrected chi connectivity index (χ4v) is 1.82. The molecule has 1 nitrogen and oxygen atoms in total. The van der Waals surface area contributed by atoms with Crippen LogP contribution in [0, 0.1) is 6.92 Å². The van der Waals surface area contributed by atoms with Gasteiger partial charge >= 0.3 is 0 Å². The molecule has 0 aliphatic heterocycles. The molecule has 0 amide bonds. The molecule has 0 N–H and O–H groups in total. The van der Waals surface area contributed by atoms with Gasteiger partial charge in [0.2, 0.25) is 0 Å². The van der Waals surface area contributed by atoms with Crippen LogP contribution in [0.15, 0.2) is 53.3 Å². The molecule has 0 unspecified atom stereocenters. The van der Waals surface area contributed by atoms with Gasteiger partial charge < -0.3 is 17.0 Å². The van der Waals surface area contributed by atoms with Crippen LogP contribution in [0.3, 0.4) is 0 Å². The molecule has 84 valence electrons. The highest BCUT2D eigenvalue weighted by molar-refractivity contribution is 9.10. The van der Waals surface area contributed by atoms with Crippen molar-refractivity contribution in [2.24, 2.45) is 0 Å². The highest BCUT2D eigenvalue weighted by Gasteiger charge is 2.01. The molecule has 1 aromatic heterocycles. The van der Waals surface area contributed by atoms with E-state index in [2.05, 4.69) is 76.2 Å². The van der Waals surface area contributed by atoms with Gasteiger partial charge in [-0.25, -0.2) is 4.57 Å². The Hall–Kier alpha value is -0.670. The fourth-order valence-electron chi connectivity index (χ4n) is 1.55. The van der Waals surface area contributed by atoms with Crippen LogP contribution in [-0.2, 0) is 6.54 Å². The monoisotopic (exact) mass is 341 g/mol. The number of hydrogen-bond donors (Lipinski definition) is 0. The van der Waals surface area contributed by atoms with E-state index in [0.717, 1.165) is 11.0 Å². The zero-order chi connectivity index (χ0) is 10.7. The second-order valence-electron chi connectivity index (χ2n) is 3.68. The van der Waals surface area contributed by atoms with Crippen LogP contribution in [-0.4, -0.2) is 0 Å². The minimum atomic E-state index is 0. The summed E-state index contributed by atoms with van der Waals surface area (Å²) in [4.78, 5) is 0. The second-order valence-corrected chi connectivity index (χ2v) is 4.60. The molecule has 0 spiro atoms. The zero-order valence-electron chi connectivity index (χ0n) is 9.03. The standard InChI is InChI=1S/C13H13BrN.BrH/c1-11-3-2-8-15(9-11)10-12-4-6-13(14)7-5-12;/h2-9H,10H2,1H3;1H/q+1;/p-1. The van der Waals surface area contributed by atoms with E-state index in [1.54, 1.807) is 0 Å². The summed E-state index contributed by atoms with van der Waals surface area (Å²) in [5.41, 5.74) is 2.60. The van der Waals surface area contributed by atoms with Gasteiger partial charge in [-0.3, -0.25) is 0 Å². The summed E-state index contributed by atoms with van der Waals surface area (Å²) in [6.07, 6.45) is 4.25. The van der Waals surface area contributed by atoms with Gasteiger partial charge in [-0.05, 0) is 25.1 Å². The van der Waals surface area contributed by atoms with Crippen LogP contribution in [0.5, 0.6) is 0 Å². The van der Waals surface area contributed by atoms with Crippen LogP contribution in [0.4, 0.5) is 0 Å². The number of hydrogen-bond acceptors (Lipinski definition) is 0. The molecule has 0 saturated carbocycles. The number of nitrogens with zero attached hydrogens (tertiary/aromatic N) is 1. The topological polar surface area (TPSA) is 3.88 Å². The lowest BCUT2D eigenvalue weighted by atomic mass is 10.2. The Labute approximate surface area is 115 Å². The van der Waals surface area contributed by atoms with E-state index < -0.39 is 0 Å². The molecule has 0 aliphatic rings. The second kappa shape index (κ2) is 6.16. The van der Waals surface area contributed by atoms with E-state index in [9.17, 15) is 0 Å². The molecule has 2 aromatic rings. The molecule has 0 saturated heterocycles. The van der Waals surface area contributed by atoms with Crippen molar-refractivity contribution >= 4 is 15.9 Å². The molecule has 0 atom stereocenters. The van der Waals surface area contributed by atoms with Crippen molar-refractivity contribution in [3.05, 3.63) is 64.4 Å². The van der Waals surface area contributed by atoms with Crippen molar-refractivity contribution in [2.75, 3.05) is 0 Å². The minimum absolute atomic E-state index is 0. The lowest BCUT2D eigenvalue weighted by Gasteiger charge is -1.98. The van der Waals surface area contributed by atoms with Crippen LogP contribution in [0.2, 0.25) is 0 Å². The van der Waals surface area contributed by atoms with Crippen LogP contribution < -0.4 is 21.5 Å². The number of benzene rings is 1. The molecular weight excluding hydrogens is 330 g/mol. The predicted octanol–water partition coefficient (Wildman–Crippen LogP) is 0.0973. The van der Waals surface area contributed by atoms with Crippen LogP contribution >= 0.6 is 15.9 Å². The first-order valence-electron chi connectivity index (χ1n) is 4.94. The maximum atomic E-state index is 3.44. The summed E-state index contributed by atoms with van der Waals surface area (Å²) in [7, 11) is 0. The van der Waals surface area contributed by atoms with E-state index >= 15 is 0 Å². The predicted molar refractivity (Wildman–Crippen MR) is 64.6 cm³/mol. The Kier molecular flexibility index (Phi) is 5.16. The lowest BCUT2D eigenvalue weighted by molar-refractivity contribution is -0.688. The minimum Gasteiger partial charge on any atom is -1.00 e. The largest absolute Gasteiger partial charge is 1.00 e. The third-order valence-corrected chi connectivity index (χ3v) is 2.81. The Bertz CT molecular complexity index is 452. The van der Waals surface area contributed by atoms with Crippen molar-refractivity contribution in [3.63, 3.8) is 0 Å². The third kappa shape index (κ3) is 3.72. The first kappa shape index (κ1) is 13.4. The number of aromatic nitrogens is 1. The summed E-state index contributed by atoms with van der Waals surface area (Å²) >= 11 is 3.44. The lowest BCUT2D eigenvalue weighted by Crippen LogP contribution is -3.00. The summed E-state index contributed by atoms with van der Waals surface area (Å²) in [5.74, 6) is 0. The van der Waals surface area contributed by atoms with Gasteiger partial charge in [-0.1, -0.05) is 28.1 Å². The van der Waals surface area contributed by atoms with Crippen molar-refractivity contribution in [2.45, 2.75) is 13.5 Å². The number of rotatable bonds is 2. The molecule has 0 aliphatic carbocycles. The van der Waals surface area contributed by atoms with Crippen LogP contribution in [0.1, 0.15) is 11.1 Å². The molecule has 0 bridgehead atoms. The average Bonchev–Trinajstić information content (AvgIpc) is 2.22. The molecule has 16 heavy (non-hydrogen) atoms. The molecule has 3 heteroatoms. The Balaban J connectivity index is 0.00000128. The highest BCUT2D eigenvalue weighted by Crippen LogP contribution is 2.10. The quantitative estimate of drug-likeness (QED) is 0.681. The number of halogens is 2. The molecule has 2 rings (SSSR count). The third-order valence-electron chi connectivity index (χ3n) is 2.28. The van der Waals surface area contributed by atoms with Crippen molar-refractivity contribution in [3.8, 4) is 0 Å². The molecular formula is C13H13Br2N. The normalized spacial score (nSPS) is 9.62. The van der Waals surface area contributed by atoms with Gasteiger partial charge in [-0.15, -0.1) is 0 Å². The first-order chi connectivity index (χ1) is 7.24. The van der Waals surface area contributed by atoms with Gasteiger partial charge in [-0.2, -0.15) is 0 Å². The molecule has 1 aromatic carbocycles. The Morgan fingerprint density at radius 1 is 1.12 bits per heavy atom. The molecule has 0 fully saturated rings. The van der Waals surface area contributed by atoms with Gasteiger partial charge in [0.05, 0.1) is 0 Å². The highest BCUT2D eigenvalue weighted by atomic mass is 79.9. The zero-order valence-corrected chi connectivity index (χ0v) is 12.2. The van der Waals surface area contributed by atoms with E-state index in [1.165, 1.54) is 11.1 Å². The maximum absolute atomic E-state index is 3.44. The van der Waals surface area contributed by atoms with Crippen molar-refractivity contribution in [1.82, 2.24) is 0 Å². The fraction of sp³-hybridized carbons (Fsp3) is 0.154. The van der Waals surface area contributed by atoms with Gasteiger partial charge in [0.15, 0.2) is 18.9 Å². The first-order valence-corrected chi connectivity index (χ1v) is 5.73. The summed E-state index contributed by atoms with van der Waals surface area (Å²) in [5, 5.41) is 0. The van der Waals surface area contributed by atoms with Gasteiger partial charge in [0.1, 0.15) is 0 Å². The molecule has 1 heterocycles. The van der Waals surface area contributed by atoms with E-state index in [0.29, 0.717) is 0 Å². The van der Waals surface area contributed by atoms with E-state index in [1.807, 2.05) is 0 Å².